The van der Waals surface area contributed by atoms with Crippen molar-refractivity contribution in [2.75, 3.05) is 0 Å². The zero-order chi connectivity index (χ0) is 22.8. The molecule has 2 aliphatic carbocycles. The van der Waals surface area contributed by atoms with Crippen molar-refractivity contribution in [2.24, 2.45) is 11.8 Å². The Labute approximate surface area is 190 Å². The van der Waals surface area contributed by atoms with Crippen molar-refractivity contribution in [3.8, 4) is 0 Å². The molecule has 2 aromatic rings. The molecule has 31 heavy (non-hydrogen) atoms. The second kappa shape index (κ2) is 9.15. The van der Waals surface area contributed by atoms with Gasteiger partial charge in [-0.05, 0) is 83.1 Å². The normalized spacial score (nSPS) is 22.5. The molecule has 2 unspecified atom stereocenters. The maximum absolute atomic E-state index is 4.93. The van der Waals surface area contributed by atoms with Crippen molar-refractivity contribution in [3.63, 3.8) is 0 Å². The molecule has 4 rings (SSSR count). The van der Waals surface area contributed by atoms with Crippen molar-refractivity contribution < 1.29 is 0 Å². The average Bonchev–Trinajstić information content (AvgIpc) is 2.77. The van der Waals surface area contributed by atoms with E-state index in [1.54, 1.807) is 0 Å². The van der Waals surface area contributed by atoms with Gasteiger partial charge in [0.05, 0.1) is 5.69 Å². The smallest absolute Gasteiger partial charge is 0.0671 e. The first-order chi connectivity index (χ1) is 14.7. The van der Waals surface area contributed by atoms with Gasteiger partial charge in [-0.2, -0.15) is 0 Å². The molecular formula is C30H41N. The van der Waals surface area contributed by atoms with Gasteiger partial charge in [-0.25, -0.2) is 0 Å². The van der Waals surface area contributed by atoms with E-state index >= 15 is 0 Å². The number of pyridine rings is 1. The fraction of sp³-hybridized carbons (Fsp3) is 0.500. The van der Waals surface area contributed by atoms with Crippen molar-refractivity contribution >= 4 is 16.3 Å². The Kier molecular flexibility index (Phi) is 6.94. The van der Waals surface area contributed by atoms with Crippen molar-refractivity contribution in [2.45, 2.75) is 85.5 Å². The molecule has 0 saturated heterocycles. The summed E-state index contributed by atoms with van der Waals surface area (Å²) in [6.45, 7) is 18.0. The zero-order valence-electron chi connectivity index (χ0n) is 20.9. The molecule has 2 aliphatic rings. The van der Waals surface area contributed by atoms with Crippen molar-refractivity contribution in [3.05, 3.63) is 71.6 Å². The van der Waals surface area contributed by atoms with Crippen LogP contribution >= 0.6 is 0 Å². The Morgan fingerprint density at radius 3 is 2.19 bits per heavy atom. The van der Waals surface area contributed by atoms with Crippen LogP contribution in [0.15, 0.2) is 54.8 Å². The molecule has 0 fully saturated rings. The van der Waals surface area contributed by atoms with Crippen LogP contribution in [0, 0.1) is 11.8 Å². The number of nitrogens with zero attached hydrogens (tertiary/aromatic N) is 1. The summed E-state index contributed by atoms with van der Waals surface area (Å²) >= 11 is 0. The molecule has 0 spiro atoms. The highest BCUT2D eigenvalue weighted by Gasteiger charge is 2.37. The summed E-state index contributed by atoms with van der Waals surface area (Å²) in [6.07, 6.45) is 16.9. The summed E-state index contributed by atoms with van der Waals surface area (Å²) in [7, 11) is 0. The highest BCUT2D eigenvalue weighted by molar-refractivity contribution is 5.87. The van der Waals surface area contributed by atoms with Crippen LogP contribution in [-0.2, 0) is 10.8 Å². The number of rotatable bonds is 3. The maximum atomic E-state index is 4.93. The van der Waals surface area contributed by atoms with Gasteiger partial charge in [0.15, 0.2) is 0 Å². The predicted octanol–water partition coefficient (Wildman–Crippen LogP) is 8.78. The first-order valence-electron chi connectivity index (χ1n) is 12.2. The topological polar surface area (TPSA) is 12.9 Å². The fourth-order valence-corrected chi connectivity index (χ4v) is 5.22. The largest absolute Gasteiger partial charge is 0.256 e. The quantitative estimate of drug-likeness (QED) is 0.456. The van der Waals surface area contributed by atoms with Gasteiger partial charge in [0.25, 0.3) is 0 Å². The molecule has 2 atom stereocenters. The molecule has 166 valence electrons. The van der Waals surface area contributed by atoms with E-state index in [9.17, 15) is 0 Å². The lowest BCUT2D eigenvalue weighted by atomic mass is 9.63. The van der Waals surface area contributed by atoms with Gasteiger partial charge in [-0.15, -0.1) is 0 Å². The SMILES string of the molecule is CC.CC=CC(C)C1CC=CC=C1c1cc2cc3c(cc2cn1)C(C)(C)CCC3(C)C. The molecule has 0 bridgehead atoms. The molecule has 0 radical (unpaired) electrons. The average molecular weight is 416 g/mol. The summed E-state index contributed by atoms with van der Waals surface area (Å²) in [5, 5.41) is 2.59. The number of benzene rings is 1. The van der Waals surface area contributed by atoms with E-state index in [2.05, 4.69) is 96.3 Å². The second-order valence-corrected chi connectivity index (χ2v) is 10.4. The summed E-state index contributed by atoms with van der Waals surface area (Å²) < 4.78 is 0. The molecule has 1 heteroatoms. The molecule has 1 heterocycles. The Morgan fingerprint density at radius 1 is 0.968 bits per heavy atom. The Balaban J connectivity index is 0.00000132. The van der Waals surface area contributed by atoms with Crippen LogP contribution < -0.4 is 0 Å². The molecule has 1 nitrogen and oxygen atoms in total. The number of fused-ring (bicyclic) bond motifs is 2. The van der Waals surface area contributed by atoms with E-state index < -0.39 is 0 Å². The van der Waals surface area contributed by atoms with Crippen LogP contribution in [0.3, 0.4) is 0 Å². The van der Waals surface area contributed by atoms with Crippen LogP contribution in [-0.4, -0.2) is 4.98 Å². The second-order valence-electron chi connectivity index (χ2n) is 10.4. The molecule has 0 N–H and O–H groups in total. The van der Waals surface area contributed by atoms with Crippen LogP contribution in [0.2, 0.25) is 0 Å². The highest BCUT2D eigenvalue weighted by atomic mass is 14.7. The number of hydrogen-bond acceptors (Lipinski definition) is 1. The predicted molar refractivity (Wildman–Crippen MR) is 138 cm³/mol. The van der Waals surface area contributed by atoms with Gasteiger partial charge in [0.1, 0.15) is 0 Å². The van der Waals surface area contributed by atoms with E-state index in [4.69, 9.17) is 4.98 Å². The van der Waals surface area contributed by atoms with E-state index in [0.717, 1.165) is 12.1 Å². The van der Waals surface area contributed by atoms with Crippen LogP contribution in [0.1, 0.15) is 91.5 Å². The van der Waals surface area contributed by atoms with Crippen LogP contribution in [0.25, 0.3) is 16.3 Å². The minimum absolute atomic E-state index is 0.234. The molecule has 1 aromatic carbocycles. The molecule has 1 aromatic heterocycles. The molecular weight excluding hydrogens is 374 g/mol. The third-order valence-corrected chi connectivity index (χ3v) is 7.32. The third-order valence-electron chi connectivity index (χ3n) is 7.32. The zero-order valence-corrected chi connectivity index (χ0v) is 20.9. The lowest BCUT2D eigenvalue weighted by Crippen LogP contribution is -2.33. The first-order valence-corrected chi connectivity index (χ1v) is 12.2. The summed E-state index contributed by atoms with van der Waals surface area (Å²) in [4.78, 5) is 4.93. The molecule has 0 aliphatic heterocycles. The molecule has 0 amide bonds. The van der Waals surface area contributed by atoms with Crippen LogP contribution in [0.5, 0.6) is 0 Å². The monoisotopic (exact) mass is 415 g/mol. The van der Waals surface area contributed by atoms with Gasteiger partial charge < -0.3 is 0 Å². The minimum atomic E-state index is 0.234. The van der Waals surface area contributed by atoms with E-state index in [1.807, 2.05) is 13.8 Å². The van der Waals surface area contributed by atoms with Crippen LogP contribution in [0.4, 0.5) is 0 Å². The van der Waals surface area contributed by atoms with Gasteiger partial charge in [0.2, 0.25) is 0 Å². The Morgan fingerprint density at radius 2 is 1.58 bits per heavy atom. The van der Waals surface area contributed by atoms with Crippen molar-refractivity contribution in [1.29, 1.82) is 0 Å². The Bertz CT molecular complexity index is 1020. The minimum Gasteiger partial charge on any atom is -0.256 e. The van der Waals surface area contributed by atoms with E-state index in [1.165, 1.54) is 40.3 Å². The standard InChI is InChI=1S/C28H35N.C2H6/c1-7-10-19(2)22-11-8-9-12-23(22)26-17-20-15-24-25(16-21(20)18-29-26)28(5,6)14-13-27(24,3)4;1-2/h7-10,12,15-19,22H,11,13-14H2,1-6H3;1-2H3. The van der Waals surface area contributed by atoms with E-state index in [0.29, 0.717) is 11.8 Å². The highest BCUT2D eigenvalue weighted by Crippen LogP contribution is 2.47. The lowest BCUT2D eigenvalue weighted by Gasteiger charge is -2.42. The lowest BCUT2D eigenvalue weighted by molar-refractivity contribution is 0.332. The van der Waals surface area contributed by atoms with Crippen molar-refractivity contribution in [1.82, 2.24) is 4.98 Å². The van der Waals surface area contributed by atoms with Gasteiger partial charge in [-0.3, -0.25) is 4.98 Å². The summed E-state index contributed by atoms with van der Waals surface area (Å²) in [6, 6.07) is 7.20. The van der Waals surface area contributed by atoms with Gasteiger partial charge in [-0.1, -0.05) is 84.9 Å². The summed E-state index contributed by atoms with van der Waals surface area (Å²) in [5.41, 5.74) is 6.01. The Hall–Kier alpha value is -2.15. The molecule has 0 saturated carbocycles. The van der Waals surface area contributed by atoms with Gasteiger partial charge in [0, 0.05) is 11.6 Å². The third kappa shape index (κ3) is 4.56. The number of aromatic nitrogens is 1. The summed E-state index contributed by atoms with van der Waals surface area (Å²) in [5.74, 6) is 1.01. The number of hydrogen-bond donors (Lipinski definition) is 0. The number of allylic oxidation sites excluding steroid dienone is 6. The fourth-order valence-electron chi connectivity index (χ4n) is 5.22. The maximum Gasteiger partial charge on any atom is 0.0671 e. The first kappa shape index (κ1) is 23.5. The van der Waals surface area contributed by atoms with Gasteiger partial charge >= 0.3 is 0 Å². The van der Waals surface area contributed by atoms with E-state index in [-0.39, 0.29) is 10.8 Å².